The van der Waals surface area contributed by atoms with Crippen molar-refractivity contribution in [2.24, 2.45) is 46.3 Å². The molecule has 0 aromatic heterocycles. The molecule has 0 spiro atoms. The number of ether oxygens (including phenoxy) is 2. The van der Waals surface area contributed by atoms with E-state index >= 15 is 0 Å². The minimum atomic E-state index is -1.34. The van der Waals surface area contributed by atoms with E-state index in [1.54, 1.807) is 13.8 Å². The Hall–Kier alpha value is -2.18. The van der Waals surface area contributed by atoms with Crippen LogP contribution in [0.4, 0.5) is 0 Å². The summed E-state index contributed by atoms with van der Waals surface area (Å²) in [5.41, 5.74) is 0.630. The molecule has 0 saturated heterocycles. The predicted molar refractivity (Wildman–Crippen MR) is 129 cm³/mol. The molecule has 12 atom stereocenters. The van der Waals surface area contributed by atoms with Gasteiger partial charge in [-0.2, -0.15) is 0 Å². The first-order chi connectivity index (χ1) is 16.8. The van der Waals surface area contributed by atoms with Crippen LogP contribution in [0.5, 0.6) is 0 Å². The smallest absolute Gasteiger partial charge is 0.334 e. The second-order valence-electron chi connectivity index (χ2n) is 13.8. The predicted octanol–water partition coefficient (Wildman–Crippen LogP) is 3.40. The Bertz CT molecular complexity index is 1220. The summed E-state index contributed by atoms with van der Waals surface area (Å²) in [6.45, 7) is 16.6. The molecule has 36 heavy (non-hydrogen) atoms. The summed E-state index contributed by atoms with van der Waals surface area (Å²) in [7, 11) is 0. The Morgan fingerprint density at radius 3 is 1.47 bits per heavy atom. The molecule has 2 aliphatic heterocycles. The number of carbonyl (C=O) groups is 2. The second kappa shape index (κ2) is 5.78. The highest BCUT2D eigenvalue weighted by molar-refractivity contribution is 5.97. The molecule has 6 nitrogen and oxygen atoms in total. The maximum absolute atomic E-state index is 13.3. The van der Waals surface area contributed by atoms with Crippen molar-refractivity contribution in [2.45, 2.75) is 76.8 Å². The average Bonchev–Trinajstić information content (AvgIpc) is 3.67. The van der Waals surface area contributed by atoms with E-state index in [1.165, 1.54) is 0 Å². The van der Waals surface area contributed by atoms with E-state index in [4.69, 9.17) is 9.47 Å². The van der Waals surface area contributed by atoms with Crippen LogP contribution in [0.15, 0.2) is 46.6 Å². The number of hydrogen-bond acceptors (Lipinski definition) is 6. The lowest BCUT2D eigenvalue weighted by molar-refractivity contribution is -0.219. The molecule has 6 aliphatic carbocycles. The van der Waals surface area contributed by atoms with Crippen LogP contribution in [0, 0.1) is 46.3 Å². The van der Waals surface area contributed by atoms with Gasteiger partial charge in [0.1, 0.15) is 0 Å². The third-order valence-corrected chi connectivity index (χ3v) is 12.4. The molecule has 6 saturated carbocycles. The Kier molecular flexibility index (Phi) is 3.51. The molecule has 190 valence electrons. The minimum Gasteiger partial charge on any atom is -0.446 e. The van der Waals surface area contributed by atoms with Crippen LogP contribution >= 0.6 is 0 Å². The van der Waals surface area contributed by atoms with Gasteiger partial charge in [-0.25, -0.2) is 9.59 Å². The van der Waals surface area contributed by atoms with Gasteiger partial charge in [0.25, 0.3) is 0 Å². The zero-order chi connectivity index (χ0) is 25.5. The van der Waals surface area contributed by atoms with Gasteiger partial charge in [0.05, 0.1) is 12.2 Å². The number of hydrogen-bond donors (Lipinski definition) is 2. The van der Waals surface area contributed by atoms with E-state index in [9.17, 15) is 19.8 Å². The molecule has 2 N–H and O–H groups in total. The molecule has 0 amide bonds. The van der Waals surface area contributed by atoms with Crippen LogP contribution in [-0.2, 0) is 19.1 Å². The first-order valence-electron chi connectivity index (χ1n) is 13.5. The van der Waals surface area contributed by atoms with Crippen LogP contribution < -0.4 is 0 Å². The Morgan fingerprint density at radius 2 is 1.11 bits per heavy atom. The molecule has 6 heteroatoms. The molecule has 8 aliphatic rings. The molecular formula is C30H34O6. The number of aliphatic hydroxyl groups excluding tert-OH is 2. The van der Waals surface area contributed by atoms with Gasteiger partial charge < -0.3 is 19.7 Å². The van der Waals surface area contributed by atoms with Gasteiger partial charge in [0.2, 0.25) is 0 Å². The molecule has 0 aromatic rings. The van der Waals surface area contributed by atoms with E-state index in [-0.39, 0.29) is 22.7 Å². The van der Waals surface area contributed by atoms with Crippen molar-refractivity contribution in [3.8, 4) is 0 Å². The first kappa shape index (κ1) is 21.9. The summed E-state index contributed by atoms with van der Waals surface area (Å²) < 4.78 is 12.8. The number of rotatable bonds is 1. The summed E-state index contributed by atoms with van der Waals surface area (Å²) in [5, 5.41) is 24.0. The van der Waals surface area contributed by atoms with E-state index in [2.05, 4.69) is 27.0 Å². The summed E-state index contributed by atoms with van der Waals surface area (Å²) in [4.78, 5) is 26.7. The highest BCUT2D eigenvalue weighted by Crippen LogP contribution is 2.79. The van der Waals surface area contributed by atoms with E-state index in [0.29, 0.717) is 58.8 Å². The summed E-state index contributed by atoms with van der Waals surface area (Å²) in [6.07, 6.45) is 1.07. The monoisotopic (exact) mass is 490 g/mol. The summed E-state index contributed by atoms with van der Waals surface area (Å²) in [6, 6.07) is 0. The van der Waals surface area contributed by atoms with Crippen molar-refractivity contribution < 1.29 is 29.3 Å². The third kappa shape index (κ3) is 1.94. The minimum absolute atomic E-state index is 0.160. The standard InChI is InChI=1S/C30H34O6/c1-11-15-7-17(15)27(5)9-29(21(23(31)19(11)27)13(3)25(33)35-29)30-10-28(6)18-8-16(18)12(2)20(28)24(32)22(30)14(4)26(34)36-30/h15-20,23-24,31-32H,1-2,7-10H2,3-6H3/t15-,16-,17-,18-,19?,20?,23-,24-,27+,28+,29-,30?/m1/s1. The van der Waals surface area contributed by atoms with Gasteiger partial charge in [-0.05, 0) is 61.2 Å². The van der Waals surface area contributed by atoms with Crippen LogP contribution in [-0.4, -0.2) is 45.6 Å². The zero-order valence-corrected chi connectivity index (χ0v) is 21.4. The maximum atomic E-state index is 13.3. The quantitative estimate of drug-likeness (QED) is 0.432. The van der Waals surface area contributed by atoms with Gasteiger partial charge in [0, 0.05) is 47.0 Å². The highest BCUT2D eigenvalue weighted by atomic mass is 16.6. The molecule has 2 heterocycles. The van der Waals surface area contributed by atoms with Gasteiger partial charge in [-0.1, -0.05) is 38.2 Å². The van der Waals surface area contributed by atoms with Crippen molar-refractivity contribution in [1.29, 1.82) is 0 Å². The second-order valence-corrected chi connectivity index (χ2v) is 13.8. The number of carbonyl (C=O) groups excluding carboxylic acids is 2. The van der Waals surface area contributed by atoms with Crippen LogP contribution in [0.1, 0.15) is 53.4 Å². The maximum Gasteiger partial charge on any atom is 0.334 e. The SMILES string of the molecule is C=C1C2[C@@H](O)C3=C(C)C(=O)OC3([C@@]34C[C@]5(C)C(C(=C)[C@H]6C[C@H]65)[C@@H](O)C3=C(C)C(=O)O4)C[C@@]2(C)[C@@H]2C[C@H]12. The molecule has 8 rings (SSSR count). The molecular weight excluding hydrogens is 456 g/mol. The molecule has 3 unspecified atom stereocenters. The molecule has 6 fully saturated rings. The lowest BCUT2D eigenvalue weighted by Crippen LogP contribution is -2.69. The topological polar surface area (TPSA) is 93.1 Å². The highest BCUT2D eigenvalue weighted by Gasteiger charge is 2.82. The Labute approximate surface area is 211 Å². The number of aliphatic hydroxyl groups is 2. The number of fused-ring (bicyclic) bond motifs is 9. The third-order valence-electron chi connectivity index (χ3n) is 12.4. The van der Waals surface area contributed by atoms with E-state index < -0.39 is 35.3 Å². The largest absolute Gasteiger partial charge is 0.446 e. The van der Waals surface area contributed by atoms with Crippen molar-refractivity contribution >= 4 is 11.9 Å². The van der Waals surface area contributed by atoms with Crippen LogP contribution in [0.3, 0.4) is 0 Å². The van der Waals surface area contributed by atoms with Crippen molar-refractivity contribution in [2.75, 3.05) is 0 Å². The van der Waals surface area contributed by atoms with Gasteiger partial charge in [-0.3, -0.25) is 0 Å². The Balaban J connectivity index is 1.40. The van der Waals surface area contributed by atoms with E-state index in [1.807, 2.05) is 0 Å². The fraction of sp³-hybridized carbons (Fsp3) is 0.667. The summed E-state index contributed by atoms with van der Waals surface area (Å²) in [5.74, 6) is 0.224. The van der Waals surface area contributed by atoms with E-state index in [0.717, 1.165) is 24.0 Å². The lowest BCUT2D eigenvalue weighted by Gasteiger charge is -2.61. The van der Waals surface area contributed by atoms with Crippen molar-refractivity contribution in [1.82, 2.24) is 0 Å². The van der Waals surface area contributed by atoms with Gasteiger partial charge in [0.15, 0.2) is 11.2 Å². The molecule has 0 radical (unpaired) electrons. The van der Waals surface area contributed by atoms with Crippen molar-refractivity contribution in [3.05, 3.63) is 46.6 Å². The lowest BCUT2D eigenvalue weighted by atomic mass is 9.47. The number of esters is 2. The van der Waals surface area contributed by atoms with Crippen LogP contribution in [0.25, 0.3) is 0 Å². The fourth-order valence-electron chi connectivity index (χ4n) is 10.9. The fourth-order valence-corrected chi connectivity index (χ4v) is 10.9. The summed E-state index contributed by atoms with van der Waals surface area (Å²) >= 11 is 0. The zero-order valence-electron chi connectivity index (χ0n) is 21.4. The normalized spacial score (nSPS) is 57.6. The molecule has 0 aromatic carbocycles. The molecule has 0 bridgehead atoms. The average molecular weight is 491 g/mol. The van der Waals surface area contributed by atoms with Gasteiger partial charge in [-0.15, -0.1) is 0 Å². The van der Waals surface area contributed by atoms with Crippen LogP contribution in [0.2, 0.25) is 0 Å². The first-order valence-corrected chi connectivity index (χ1v) is 13.5. The Morgan fingerprint density at radius 1 is 0.750 bits per heavy atom. The van der Waals surface area contributed by atoms with Crippen molar-refractivity contribution in [3.63, 3.8) is 0 Å². The van der Waals surface area contributed by atoms with Gasteiger partial charge >= 0.3 is 11.9 Å².